The van der Waals surface area contributed by atoms with E-state index in [1.165, 1.54) is 18.2 Å². The van der Waals surface area contributed by atoms with Gasteiger partial charge in [0.1, 0.15) is 11.9 Å². The Balaban J connectivity index is 2.27. The molecule has 0 amide bonds. The zero-order valence-electron chi connectivity index (χ0n) is 10.5. The summed E-state index contributed by atoms with van der Waals surface area (Å²) in [5.41, 5.74) is 0.227. The van der Waals surface area contributed by atoms with Gasteiger partial charge in [-0.25, -0.2) is 18.1 Å². The number of halogens is 1. The fraction of sp³-hybridized carbons (Fsp3) is 0.167. The average Bonchev–Trinajstić information content (AvgIpc) is 2.92. The highest BCUT2D eigenvalue weighted by atomic mass is 35.5. The first kappa shape index (κ1) is 14.5. The molecular formula is C12H11ClN4O2S. The highest BCUT2D eigenvalue weighted by Crippen LogP contribution is 2.21. The predicted octanol–water partition coefficient (Wildman–Crippen LogP) is 1.97. The van der Waals surface area contributed by atoms with E-state index in [0.717, 1.165) is 0 Å². The van der Waals surface area contributed by atoms with Gasteiger partial charge in [-0.2, -0.15) is 5.26 Å². The van der Waals surface area contributed by atoms with Crippen LogP contribution in [0.1, 0.15) is 24.4 Å². The molecule has 1 aromatic heterocycles. The molecule has 0 radical (unpaired) electrons. The molecule has 2 aromatic rings. The number of benzene rings is 1. The van der Waals surface area contributed by atoms with Gasteiger partial charge in [0, 0.05) is 12.4 Å². The SMILES string of the molecule is CC(NS(=O)(=O)c1ccc(C#N)c(Cl)c1)c1ncc[nH]1. The van der Waals surface area contributed by atoms with E-state index < -0.39 is 16.1 Å². The summed E-state index contributed by atoms with van der Waals surface area (Å²) in [5.74, 6) is 0.508. The van der Waals surface area contributed by atoms with Crippen LogP contribution < -0.4 is 4.72 Å². The van der Waals surface area contributed by atoms with Crippen LogP contribution in [0, 0.1) is 11.3 Å². The van der Waals surface area contributed by atoms with Crippen molar-refractivity contribution in [1.82, 2.24) is 14.7 Å². The summed E-state index contributed by atoms with van der Waals surface area (Å²) in [6.07, 6.45) is 3.15. The van der Waals surface area contributed by atoms with Crippen molar-refractivity contribution in [3.05, 3.63) is 47.0 Å². The predicted molar refractivity (Wildman–Crippen MR) is 73.5 cm³/mol. The second-order valence-corrected chi connectivity index (χ2v) is 6.19. The van der Waals surface area contributed by atoms with Crippen LogP contribution in [0.2, 0.25) is 5.02 Å². The second kappa shape index (κ2) is 5.63. The number of nitrogens with one attached hydrogen (secondary N) is 2. The zero-order valence-corrected chi connectivity index (χ0v) is 12.0. The maximum Gasteiger partial charge on any atom is 0.241 e. The fourth-order valence-electron chi connectivity index (χ4n) is 1.62. The van der Waals surface area contributed by atoms with Crippen LogP contribution in [0.5, 0.6) is 0 Å². The maximum atomic E-state index is 12.2. The maximum absolute atomic E-state index is 12.2. The van der Waals surface area contributed by atoms with Crippen molar-refractivity contribution in [2.75, 3.05) is 0 Å². The highest BCUT2D eigenvalue weighted by Gasteiger charge is 2.20. The molecular weight excluding hydrogens is 300 g/mol. The lowest BCUT2D eigenvalue weighted by molar-refractivity contribution is 0.561. The number of nitriles is 1. The van der Waals surface area contributed by atoms with Gasteiger partial charge in [-0.3, -0.25) is 0 Å². The fourth-order valence-corrected chi connectivity index (χ4v) is 3.15. The molecule has 8 heteroatoms. The normalized spacial score (nSPS) is 12.8. The van der Waals surface area contributed by atoms with Crippen molar-refractivity contribution in [3.8, 4) is 6.07 Å². The number of aromatic amines is 1. The Morgan fingerprint density at radius 3 is 2.80 bits per heavy atom. The number of imidazole rings is 1. The van der Waals surface area contributed by atoms with Gasteiger partial charge in [0.15, 0.2) is 0 Å². The summed E-state index contributed by atoms with van der Waals surface area (Å²) >= 11 is 5.84. The zero-order chi connectivity index (χ0) is 14.8. The minimum atomic E-state index is -3.74. The average molecular weight is 311 g/mol. The molecule has 0 aliphatic rings. The molecule has 1 atom stereocenters. The van der Waals surface area contributed by atoms with E-state index in [1.807, 2.05) is 6.07 Å². The number of H-pyrrole nitrogens is 1. The Hall–Kier alpha value is -1.88. The van der Waals surface area contributed by atoms with Gasteiger partial charge in [-0.1, -0.05) is 11.6 Å². The molecule has 1 heterocycles. The van der Waals surface area contributed by atoms with Crippen LogP contribution in [-0.2, 0) is 10.0 Å². The summed E-state index contributed by atoms with van der Waals surface area (Å²) in [6.45, 7) is 1.67. The number of sulfonamides is 1. The summed E-state index contributed by atoms with van der Waals surface area (Å²) in [6, 6.07) is 5.32. The summed E-state index contributed by atoms with van der Waals surface area (Å²) < 4.78 is 26.9. The van der Waals surface area contributed by atoms with Gasteiger partial charge < -0.3 is 4.98 Å². The standard InChI is InChI=1S/C12H11ClN4O2S/c1-8(12-15-4-5-16-12)17-20(18,19)10-3-2-9(7-14)11(13)6-10/h2-6,8,17H,1H3,(H,15,16). The van der Waals surface area contributed by atoms with Crippen molar-refractivity contribution in [2.45, 2.75) is 17.9 Å². The minimum absolute atomic E-state index is 0.0000869. The Bertz CT molecular complexity index is 750. The topological polar surface area (TPSA) is 98.6 Å². The smallest absolute Gasteiger partial charge is 0.241 e. The van der Waals surface area contributed by atoms with Crippen LogP contribution in [0.15, 0.2) is 35.5 Å². The lowest BCUT2D eigenvalue weighted by Gasteiger charge is -2.12. The van der Waals surface area contributed by atoms with E-state index in [0.29, 0.717) is 5.82 Å². The molecule has 6 nitrogen and oxygen atoms in total. The third kappa shape index (κ3) is 2.99. The van der Waals surface area contributed by atoms with E-state index in [4.69, 9.17) is 16.9 Å². The summed E-state index contributed by atoms with van der Waals surface area (Å²) in [7, 11) is -3.74. The molecule has 1 aromatic carbocycles. The molecule has 0 aliphatic carbocycles. The van der Waals surface area contributed by atoms with E-state index in [1.54, 1.807) is 19.3 Å². The van der Waals surface area contributed by atoms with E-state index in [9.17, 15) is 8.42 Å². The van der Waals surface area contributed by atoms with Gasteiger partial charge >= 0.3 is 0 Å². The summed E-state index contributed by atoms with van der Waals surface area (Å²) in [4.78, 5) is 6.82. The molecule has 0 bridgehead atoms. The number of rotatable bonds is 4. The van der Waals surface area contributed by atoms with Crippen molar-refractivity contribution in [1.29, 1.82) is 5.26 Å². The largest absolute Gasteiger partial charge is 0.347 e. The Morgan fingerprint density at radius 1 is 1.50 bits per heavy atom. The number of aromatic nitrogens is 2. The van der Waals surface area contributed by atoms with Gasteiger partial charge in [0.25, 0.3) is 0 Å². The molecule has 1 unspecified atom stereocenters. The van der Waals surface area contributed by atoms with Gasteiger partial charge in [-0.05, 0) is 25.1 Å². The number of nitrogens with zero attached hydrogens (tertiary/aromatic N) is 2. The summed E-state index contributed by atoms with van der Waals surface area (Å²) in [5, 5.41) is 8.87. The van der Waals surface area contributed by atoms with Gasteiger partial charge in [0.2, 0.25) is 10.0 Å². The molecule has 0 saturated heterocycles. The Kier molecular flexibility index (Phi) is 4.09. The van der Waals surface area contributed by atoms with Crippen LogP contribution in [-0.4, -0.2) is 18.4 Å². The first-order valence-corrected chi connectivity index (χ1v) is 7.51. The third-order valence-electron chi connectivity index (χ3n) is 2.63. The van der Waals surface area contributed by atoms with E-state index in [2.05, 4.69) is 14.7 Å². The first-order chi connectivity index (χ1) is 9.44. The molecule has 2 N–H and O–H groups in total. The molecule has 0 fully saturated rings. The highest BCUT2D eigenvalue weighted by molar-refractivity contribution is 7.89. The minimum Gasteiger partial charge on any atom is -0.347 e. The van der Waals surface area contributed by atoms with Crippen LogP contribution in [0.3, 0.4) is 0 Å². The van der Waals surface area contributed by atoms with E-state index >= 15 is 0 Å². The van der Waals surface area contributed by atoms with Crippen molar-refractivity contribution in [2.24, 2.45) is 0 Å². The van der Waals surface area contributed by atoms with Crippen LogP contribution in [0.25, 0.3) is 0 Å². The Morgan fingerprint density at radius 2 is 2.25 bits per heavy atom. The molecule has 104 valence electrons. The third-order valence-corrected chi connectivity index (χ3v) is 4.48. The van der Waals surface area contributed by atoms with E-state index in [-0.39, 0.29) is 15.5 Å². The van der Waals surface area contributed by atoms with Crippen LogP contribution >= 0.6 is 11.6 Å². The van der Waals surface area contributed by atoms with Crippen LogP contribution in [0.4, 0.5) is 0 Å². The Labute approximate surface area is 121 Å². The molecule has 0 spiro atoms. The van der Waals surface area contributed by atoms with Crippen molar-refractivity contribution in [3.63, 3.8) is 0 Å². The first-order valence-electron chi connectivity index (χ1n) is 5.65. The van der Waals surface area contributed by atoms with Crippen molar-refractivity contribution >= 4 is 21.6 Å². The van der Waals surface area contributed by atoms with Gasteiger partial charge in [-0.15, -0.1) is 0 Å². The quantitative estimate of drug-likeness (QED) is 0.902. The molecule has 2 rings (SSSR count). The molecule has 0 saturated carbocycles. The molecule has 20 heavy (non-hydrogen) atoms. The number of hydrogen-bond donors (Lipinski definition) is 2. The van der Waals surface area contributed by atoms with Crippen molar-refractivity contribution < 1.29 is 8.42 Å². The van der Waals surface area contributed by atoms with Gasteiger partial charge in [0.05, 0.1) is 21.5 Å². The molecule has 0 aliphatic heterocycles. The monoisotopic (exact) mass is 310 g/mol. The second-order valence-electron chi connectivity index (χ2n) is 4.07. The lowest BCUT2D eigenvalue weighted by atomic mass is 10.2. The lowest BCUT2D eigenvalue weighted by Crippen LogP contribution is -2.27. The number of hydrogen-bond acceptors (Lipinski definition) is 4.